The first-order chi connectivity index (χ1) is 10.2. The number of rotatable bonds is 3. The summed E-state index contributed by atoms with van der Waals surface area (Å²) in [6.45, 7) is 1.49. The van der Waals surface area contributed by atoms with Gasteiger partial charge in [0.2, 0.25) is 5.91 Å². The second kappa shape index (κ2) is 5.58. The molecule has 0 saturated carbocycles. The Hall–Kier alpha value is -2.95. The predicted molar refractivity (Wildman–Crippen MR) is 83.6 cm³/mol. The Morgan fingerprint density at radius 2 is 2.19 bits per heavy atom. The van der Waals surface area contributed by atoms with E-state index in [1.54, 1.807) is 12.4 Å². The first kappa shape index (κ1) is 13.1. The fraction of sp³-hybridized carbons (Fsp3) is 0.0625. The Morgan fingerprint density at radius 1 is 1.29 bits per heavy atom. The van der Waals surface area contributed by atoms with Crippen LogP contribution in [0.5, 0.6) is 0 Å². The molecule has 0 atom stereocenters. The molecule has 0 unspecified atom stereocenters. The monoisotopic (exact) mass is 278 g/mol. The highest BCUT2D eigenvalue weighted by Crippen LogP contribution is 2.22. The molecule has 5 heteroatoms. The van der Waals surface area contributed by atoms with E-state index in [2.05, 4.69) is 20.5 Å². The van der Waals surface area contributed by atoms with Crippen LogP contribution in [0, 0.1) is 0 Å². The molecule has 3 rings (SSSR count). The van der Waals surface area contributed by atoms with E-state index in [1.165, 1.54) is 6.92 Å². The number of carbonyl (C=O) groups is 1. The van der Waals surface area contributed by atoms with Crippen LogP contribution in [0.3, 0.4) is 0 Å². The highest BCUT2D eigenvalue weighted by Gasteiger charge is 2.04. The number of H-pyrrole nitrogens is 1. The van der Waals surface area contributed by atoms with Crippen molar-refractivity contribution in [1.82, 2.24) is 15.2 Å². The van der Waals surface area contributed by atoms with Crippen LogP contribution in [0.4, 0.5) is 5.69 Å². The summed E-state index contributed by atoms with van der Waals surface area (Å²) < 4.78 is 0. The third-order valence-electron chi connectivity index (χ3n) is 3.03. The molecule has 0 spiro atoms. The zero-order valence-corrected chi connectivity index (χ0v) is 11.5. The number of aromatic amines is 1. The van der Waals surface area contributed by atoms with Crippen molar-refractivity contribution in [1.29, 1.82) is 0 Å². The van der Waals surface area contributed by atoms with Crippen molar-refractivity contribution < 1.29 is 4.79 Å². The zero-order chi connectivity index (χ0) is 14.7. The largest absolute Gasteiger partial charge is 0.326 e. The normalized spacial score (nSPS) is 11.1. The number of benzene rings is 1. The number of aromatic nitrogens is 3. The number of pyridine rings is 1. The summed E-state index contributed by atoms with van der Waals surface area (Å²) >= 11 is 0. The molecule has 2 aromatic heterocycles. The lowest BCUT2D eigenvalue weighted by Crippen LogP contribution is -2.05. The summed E-state index contributed by atoms with van der Waals surface area (Å²) in [7, 11) is 0. The molecule has 1 amide bonds. The van der Waals surface area contributed by atoms with Crippen molar-refractivity contribution in [3.63, 3.8) is 0 Å². The third kappa shape index (κ3) is 2.97. The van der Waals surface area contributed by atoms with E-state index in [0.717, 1.165) is 27.8 Å². The van der Waals surface area contributed by atoms with Gasteiger partial charge in [0.1, 0.15) is 0 Å². The highest BCUT2D eigenvalue weighted by molar-refractivity contribution is 5.95. The van der Waals surface area contributed by atoms with Gasteiger partial charge in [0.15, 0.2) is 0 Å². The Morgan fingerprint density at radius 3 is 2.95 bits per heavy atom. The van der Waals surface area contributed by atoms with Crippen molar-refractivity contribution in [2.75, 3.05) is 5.32 Å². The van der Waals surface area contributed by atoms with E-state index >= 15 is 0 Å². The van der Waals surface area contributed by atoms with Crippen LogP contribution in [0.1, 0.15) is 18.2 Å². The Bertz CT molecular complexity index is 806. The van der Waals surface area contributed by atoms with Crippen molar-refractivity contribution >= 4 is 34.6 Å². The molecule has 0 saturated heterocycles. The van der Waals surface area contributed by atoms with Crippen molar-refractivity contribution in [3.05, 3.63) is 54.0 Å². The molecule has 0 fully saturated rings. The van der Waals surface area contributed by atoms with Crippen LogP contribution in [0.2, 0.25) is 0 Å². The molecular formula is C16H14N4O. The third-order valence-corrected chi connectivity index (χ3v) is 3.03. The molecule has 3 aromatic rings. The van der Waals surface area contributed by atoms with Crippen LogP contribution >= 0.6 is 0 Å². The van der Waals surface area contributed by atoms with Gasteiger partial charge in [0.25, 0.3) is 0 Å². The molecule has 0 radical (unpaired) electrons. The standard InChI is InChI=1S/C16H14N4O/c1-11(21)18-13-5-7-16-14(9-13)15(19-20-16)6-4-12-3-2-8-17-10-12/h2-10H,1H3,(H,18,21)(H,19,20)/b6-4+. The minimum absolute atomic E-state index is 0.0923. The van der Waals surface area contributed by atoms with E-state index in [-0.39, 0.29) is 5.91 Å². The van der Waals surface area contributed by atoms with E-state index in [0.29, 0.717) is 0 Å². The molecular weight excluding hydrogens is 264 g/mol. The zero-order valence-electron chi connectivity index (χ0n) is 11.5. The van der Waals surface area contributed by atoms with Gasteiger partial charge in [0, 0.05) is 30.4 Å². The maximum absolute atomic E-state index is 11.1. The van der Waals surface area contributed by atoms with Crippen molar-refractivity contribution in [2.45, 2.75) is 6.92 Å². The van der Waals surface area contributed by atoms with Crippen LogP contribution in [-0.2, 0) is 4.79 Å². The number of hydrogen-bond donors (Lipinski definition) is 2. The molecule has 2 heterocycles. The molecule has 0 aliphatic heterocycles. The minimum atomic E-state index is -0.0923. The van der Waals surface area contributed by atoms with Gasteiger partial charge >= 0.3 is 0 Å². The summed E-state index contributed by atoms with van der Waals surface area (Å²) in [6, 6.07) is 9.51. The second-order valence-corrected chi connectivity index (χ2v) is 4.67. The van der Waals surface area contributed by atoms with Gasteiger partial charge in [-0.1, -0.05) is 12.1 Å². The smallest absolute Gasteiger partial charge is 0.221 e. The van der Waals surface area contributed by atoms with Crippen LogP contribution in [0.15, 0.2) is 42.7 Å². The van der Waals surface area contributed by atoms with Gasteiger partial charge in [-0.15, -0.1) is 0 Å². The number of carbonyl (C=O) groups excluding carboxylic acids is 1. The summed E-state index contributed by atoms with van der Waals surface area (Å²) in [5.41, 5.74) is 3.51. The summed E-state index contributed by atoms with van der Waals surface area (Å²) in [5, 5.41) is 11.0. The van der Waals surface area contributed by atoms with Crippen LogP contribution in [0.25, 0.3) is 23.1 Å². The molecule has 21 heavy (non-hydrogen) atoms. The van der Waals surface area contributed by atoms with Gasteiger partial charge in [-0.05, 0) is 35.9 Å². The lowest BCUT2D eigenvalue weighted by atomic mass is 10.1. The summed E-state index contributed by atoms with van der Waals surface area (Å²) in [4.78, 5) is 15.2. The average Bonchev–Trinajstić information content (AvgIpc) is 2.88. The fourth-order valence-corrected chi connectivity index (χ4v) is 2.09. The van der Waals surface area contributed by atoms with Gasteiger partial charge in [0.05, 0.1) is 11.2 Å². The Labute approximate surface area is 121 Å². The second-order valence-electron chi connectivity index (χ2n) is 4.67. The van der Waals surface area contributed by atoms with Gasteiger partial charge in [-0.25, -0.2) is 0 Å². The Kier molecular flexibility index (Phi) is 3.47. The summed E-state index contributed by atoms with van der Waals surface area (Å²) in [5.74, 6) is -0.0923. The van der Waals surface area contributed by atoms with E-state index < -0.39 is 0 Å². The molecule has 1 aromatic carbocycles. The molecule has 0 bridgehead atoms. The van der Waals surface area contributed by atoms with Gasteiger partial charge in [-0.3, -0.25) is 14.9 Å². The van der Waals surface area contributed by atoms with Gasteiger partial charge in [-0.2, -0.15) is 5.10 Å². The highest BCUT2D eigenvalue weighted by atomic mass is 16.1. The number of nitrogens with one attached hydrogen (secondary N) is 2. The van der Waals surface area contributed by atoms with Crippen molar-refractivity contribution in [2.24, 2.45) is 0 Å². The SMILES string of the molecule is CC(=O)Nc1ccc2[nH]nc(/C=C/c3cccnc3)c2c1. The fourth-order valence-electron chi connectivity index (χ4n) is 2.09. The quantitative estimate of drug-likeness (QED) is 0.773. The van der Waals surface area contributed by atoms with E-state index in [9.17, 15) is 4.79 Å². The molecule has 2 N–H and O–H groups in total. The van der Waals surface area contributed by atoms with Crippen molar-refractivity contribution in [3.8, 4) is 0 Å². The lowest BCUT2D eigenvalue weighted by molar-refractivity contribution is -0.114. The molecule has 0 aliphatic rings. The number of hydrogen-bond acceptors (Lipinski definition) is 3. The topological polar surface area (TPSA) is 70.7 Å². The maximum Gasteiger partial charge on any atom is 0.221 e. The number of nitrogens with zero attached hydrogens (tertiary/aromatic N) is 2. The number of fused-ring (bicyclic) bond motifs is 1. The van der Waals surface area contributed by atoms with E-state index in [4.69, 9.17) is 0 Å². The van der Waals surface area contributed by atoms with Crippen LogP contribution < -0.4 is 5.32 Å². The average molecular weight is 278 g/mol. The molecule has 0 aliphatic carbocycles. The number of anilines is 1. The van der Waals surface area contributed by atoms with E-state index in [1.807, 2.05) is 42.5 Å². The van der Waals surface area contributed by atoms with Crippen LogP contribution in [-0.4, -0.2) is 21.1 Å². The maximum atomic E-state index is 11.1. The predicted octanol–water partition coefficient (Wildman–Crippen LogP) is 3.09. The first-order valence-corrected chi connectivity index (χ1v) is 6.56. The molecule has 104 valence electrons. The minimum Gasteiger partial charge on any atom is -0.326 e. The number of amides is 1. The Balaban J connectivity index is 1.95. The lowest BCUT2D eigenvalue weighted by Gasteiger charge is -2.01. The molecule has 5 nitrogen and oxygen atoms in total. The summed E-state index contributed by atoms with van der Waals surface area (Å²) in [6.07, 6.45) is 7.40. The van der Waals surface area contributed by atoms with Gasteiger partial charge < -0.3 is 5.32 Å². The first-order valence-electron chi connectivity index (χ1n) is 6.56.